The van der Waals surface area contributed by atoms with E-state index in [9.17, 15) is 32.9 Å². The number of halogens is 3. The molecule has 0 unspecified atom stereocenters. The van der Waals surface area contributed by atoms with Gasteiger partial charge >= 0.3 is 12.1 Å². The number of rotatable bonds is 6. The molecule has 34 heavy (non-hydrogen) atoms. The summed E-state index contributed by atoms with van der Waals surface area (Å²) < 4.78 is 50.6. The number of anilines is 1. The standard InChI is InChI=1S/C23H19F3N2O6/c1-12(22(30)27-19-6-5-16(28(31)32)10-18(19)23(24,25)26)34-21(29)9-15-11-33-20-8-14-4-2-3-13(14)7-17(15)20/h5-8,10-12H,2-4,9H2,1H3,(H,27,30)/t12-/m0/s1. The predicted molar refractivity (Wildman–Crippen MR) is 114 cm³/mol. The van der Waals surface area contributed by atoms with Crippen LogP contribution in [0, 0.1) is 10.1 Å². The van der Waals surface area contributed by atoms with Crippen LogP contribution in [-0.2, 0) is 39.8 Å². The monoisotopic (exact) mass is 476 g/mol. The third-order valence-corrected chi connectivity index (χ3v) is 5.66. The molecule has 178 valence electrons. The van der Waals surface area contributed by atoms with E-state index in [1.165, 1.54) is 24.3 Å². The molecule has 1 aliphatic rings. The van der Waals surface area contributed by atoms with E-state index in [0.29, 0.717) is 17.2 Å². The molecule has 0 fully saturated rings. The fraction of sp³-hybridized carbons (Fsp3) is 0.304. The second kappa shape index (κ2) is 8.81. The number of nitro benzene ring substituents is 1. The van der Waals surface area contributed by atoms with E-state index < -0.39 is 46.0 Å². The summed E-state index contributed by atoms with van der Waals surface area (Å²) in [4.78, 5) is 34.6. The second-order valence-corrected chi connectivity index (χ2v) is 8.01. The largest absolute Gasteiger partial charge is 0.464 e. The van der Waals surface area contributed by atoms with Crippen molar-refractivity contribution < 1.29 is 36.8 Å². The molecule has 1 aliphatic carbocycles. The molecule has 1 atom stereocenters. The number of hydrogen-bond acceptors (Lipinski definition) is 6. The van der Waals surface area contributed by atoms with Gasteiger partial charge in [0.25, 0.3) is 11.6 Å². The zero-order chi connectivity index (χ0) is 24.6. The van der Waals surface area contributed by atoms with Crippen LogP contribution < -0.4 is 5.32 Å². The highest BCUT2D eigenvalue weighted by Crippen LogP contribution is 2.37. The maximum atomic E-state index is 13.3. The van der Waals surface area contributed by atoms with Crippen molar-refractivity contribution in [2.75, 3.05) is 5.32 Å². The molecule has 0 radical (unpaired) electrons. The molecule has 0 bridgehead atoms. The van der Waals surface area contributed by atoms with Crippen molar-refractivity contribution in [1.82, 2.24) is 0 Å². The molecule has 1 aromatic heterocycles. The molecule has 3 aromatic rings. The number of amides is 1. The quantitative estimate of drug-likeness (QED) is 0.306. The van der Waals surface area contributed by atoms with E-state index in [1.54, 1.807) is 0 Å². The smallest absolute Gasteiger partial charge is 0.418 e. The zero-order valence-corrected chi connectivity index (χ0v) is 17.9. The Morgan fingerprint density at radius 3 is 2.59 bits per heavy atom. The SMILES string of the molecule is C[C@H](OC(=O)Cc1coc2cc3c(cc12)CCC3)C(=O)Nc1ccc([N+](=O)[O-])cc1C(F)(F)F. The lowest BCUT2D eigenvalue weighted by atomic mass is 10.0. The zero-order valence-electron chi connectivity index (χ0n) is 17.9. The van der Waals surface area contributed by atoms with Crippen molar-refractivity contribution in [3.8, 4) is 0 Å². The van der Waals surface area contributed by atoms with E-state index in [2.05, 4.69) is 0 Å². The average molecular weight is 476 g/mol. The van der Waals surface area contributed by atoms with Crippen molar-refractivity contribution in [1.29, 1.82) is 0 Å². The molecule has 1 amide bonds. The second-order valence-electron chi connectivity index (χ2n) is 8.01. The lowest BCUT2D eigenvalue weighted by molar-refractivity contribution is -0.385. The number of fused-ring (bicyclic) bond motifs is 2. The van der Waals surface area contributed by atoms with Crippen molar-refractivity contribution in [2.24, 2.45) is 0 Å². The van der Waals surface area contributed by atoms with Gasteiger partial charge in [-0.05, 0) is 55.5 Å². The molecule has 0 aliphatic heterocycles. The number of esters is 1. The minimum absolute atomic E-state index is 0.186. The van der Waals surface area contributed by atoms with Crippen molar-refractivity contribution in [3.05, 3.63) is 69.0 Å². The first-order chi connectivity index (χ1) is 16.0. The summed E-state index contributed by atoms with van der Waals surface area (Å²) in [5.74, 6) is -1.77. The van der Waals surface area contributed by atoms with Gasteiger partial charge in [0.1, 0.15) is 5.58 Å². The van der Waals surface area contributed by atoms with Crippen LogP contribution in [0.4, 0.5) is 24.5 Å². The normalized spacial score (nSPS) is 14.0. The molecule has 8 nitrogen and oxygen atoms in total. The van der Waals surface area contributed by atoms with E-state index in [0.717, 1.165) is 36.8 Å². The maximum absolute atomic E-state index is 13.3. The third-order valence-electron chi connectivity index (χ3n) is 5.66. The predicted octanol–water partition coefficient (Wildman–Crippen LogP) is 4.96. The molecule has 0 saturated carbocycles. The number of nitrogens with zero attached hydrogens (tertiary/aromatic N) is 1. The maximum Gasteiger partial charge on any atom is 0.418 e. The first-order valence-corrected chi connectivity index (χ1v) is 10.4. The van der Waals surface area contributed by atoms with E-state index in [4.69, 9.17) is 9.15 Å². The molecular weight excluding hydrogens is 457 g/mol. The number of alkyl halides is 3. The topological polar surface area (TPSA) is 112 Å². The van der Waals surface area contributed by atoms with Gasteiger partial charge < -0.3 is 14.5 Å². The molecule has 11 heteroatoms. The van der Waals surface area contributed by atoms with Gasteiger partial charge in [0, 0.05) is 23.1 Å². The first-order valence-electron chi connectivity index (χ1n) is 10.4. The number of benzene rings is 2. The van der Waals surface area contributed by atoms with Crippen LogP contribution in [0.25, 0.3) is 11.0 Å². The van der Waals surface area contributed by atoms with Crippen molar-refractivity contribution >= 4 is 34.2 Å². The number of hydrogen-bond donors (Lipinski definition) is 1. The number of carbonyl (C=O) groups is 2. The van der Waals surface area contributed by atoms with Crippen LogP contribution in [-0.4, -0.2) is 22.9 Å². The van der Waals surface area contributed by atoms with Crippen LogP contribution in [0.2, 0.25) is 0 Å². The molecule has 0 saturated heterocycles. The molecular formula is C23H19F3N2O6. The molecule has 1 N–H and O–H groups in total. The molecule has 4 rings (SSSR count). The minimum atomic E-state index is -4.95. The van der Waals surface area contributed by atoms with E-state index in [1.807, 2.05) is 17.4 Å². The number of aryl methyl sites for hydroxylation is 2. The lowest BCUT2D eigenvalue weighted by Crippen LogP contribution is -2.31. The molecule has 0 spiro atoms. The highest BCUT2D eigenvalue weighted by atomic mass is 19.4. The van der Waals surface area contributed by atoms with Gasteiger partial charge in [-0.2, -0.15) is 13.2 Å². The Labute approximate surface area is 190 Å². The van der Waals surface area contributed by atoms with Crippen molar-refractivity contribution in [2.45, 2.75) is 44.9 Å². The van der Waals surface area contributed by atoms with Gasteiger partial charge in [-0.15, -0.1) is 0 Å². The summed E-state index contributed by atoms with van der Waals surface area (Å²) in [5, 5.41) is 13.6. The van der Waals surface area contributed by atoms with Crippen LogP contribution in [0.1, 0.15) is 35.6 Å². The van der Waals surface area contributed by atoms with Crippen LogP contribution in [0.15, 0.2) is 41.0 Å². The number of carbonyl (C=O) groups excluding carboxylic acids is 2. The fourth-order valence-electron chi connectivity index (χ4n) is 3.96. The number of non-ortho nitro benzene ring substituents is 1. The van der Waals surface area contributed by atoms with Gasteiger partial charge in [0.05, 0.1) is 28.9 Å². The van der Waals surface area contributed by atoms with Crippen LogP contribution >= 0.6 is 0 Å². The summed E-state index contributed by atoms with van der Waals surface area (Å²) in [6, 6.07) is 5.87. The number of nitrogens with one attached hydrogen (secondary N) is 1. The van der Waals surface area contributed by atoms with Gasteiger partial charge in [0.2, 0.25) is 0 Å². The minimum Gasteiger partial charge on any atom is -0.464 e. The highest BCUT2D eigenvalue weighted by molar-refractivity contribution is 5.96. The first kappa shape index (κ1) is 23.3. The summed E-state index contributed by atoms with van der Waals surface area (Å²) in [5.41, 5.74) is 0.795. The van der Waals surface area contributed by atoms with Gasteiger partial charge in [-0.1, -0.05) is 0 Å². The van der Waals surface area contributed by atoms with Crippen LogP contribution in [0.3, 0.4) is 0 Å². The van der Waals surface area contributed by atoms with Crippen molar-refractivity contribution in [3.63, 3.8) is 0 Å². The summed E-state index contributed by atoms with van der Waals surface area (Å²) >= 11 is 0. The Kier molecular flexibility index (Phi) is 6.03. The van der Waals surface area contributed by atoms with Gasteiger partial charge in [-0.3, -0.25) is 19.7 Å². The third kappa shape index (κ3) is 4.73. The van der Waals surface area contributed by atoms with E-state index >= 15 is 0 Å². The lowest BCUT2D eigenvalue weighted by Gasteiger charge is -2.16. The Bertz CT molecular complexity index is 1300. The Morgan fingerprint density at radius 1 is 1.21 bits per heavy atom. The number of nitro groups is 1. The summed E-state index contributed by atoms with van der Waals surface area (Å²) in [7, 11) is 0. The summed E-state index contributed by atoms with van der Waals surface area (Å²) in [6.45, 7) is 1.21. The van der Waals surface area contributed by atoms with Crippen LogP contribution in [0.5, 0.6) is 0 Å². The Hall–Kier alpha value is -3.89. The number of ether oxygens (including phenoxy) is 1. The van der Waals surface area contributed by atoms with Gasteiger partial charge in [-0.25, -0.2) is 0 Å². The van der Waals surface area contributed by atoms with Gasteiger partial charge in [0.15, 0.2) is 6.10 Å². The number of furan rings is 1. The molecule has 1 heterocycles. The Balaban J connectivity index is 1.44. The molecule has 2 aromatic carbocycles. The highest BCUT2D eigenvalue weighted by Gasteiger charge is 2.36. The Morgan fingerprint density at radius 2 is 1.91 bits per heavy atom. The average Bonchev–Trinajstić information content (AvgIpc) is 3.37. The fourth-order valence-corrected chi connectivity index (χ4v) is 3.96. The summed E-state index contributed by atoms with van der Waals surface area (Å²) in [6.07, 6.45) is -2.13. The van der Waals surface area contributed by atoms with E-state index in [-0.39, 0.29) is 6.42 Å².